The van der Waals surface area contributed by atoms with Crippen LogP contribution in [0.2, 0.25) is 0 Å². The van der Waals surface area contributed by atoms with E-state index in [9.17, 15) is 4.79 Å². The van der Waals surface area contributed by atoms with Crippen LogP contribution in [0.3, 0.4) is 0 Å². The lowest BCUT2D eigenvalue weighted by atomic mass is 9.74. The van der Waals surface area contributed by atoms with Gasteiger partial charge in [-0.2, -0.15) is 0 Å². The number of urea groups is 1. The van der Waals surface area contributed by atoms with Crippen molar-refractivity contribution in [3.05, 3.63) is 95.6 Å². The highest BCUT2D eigenvalue weighted by Crippen LogP contribution is 2.34. The van der Waals surface area contributed by atoms with Crippen molar-refractivity contribution in [2.75, 3.05) is 32.2 Å². The first-order chi connectivity index (χ1) is 16.7. The number of rotatable bonds is 9. The zero-order valence-electron chi connectivity index (χ0n) is 19.6. The third-order valence-corrected chi connectivity index (χ3v) is 6.30. The minimum absolute atomic E-state index is 0.103. The first-order valence-electron chi connectivity index (χ1n) is 11.6. The third-order valence-electron chi connectivity index (χ3n) is 6.30. The Bertz CT molecular complexity index is 1050. The molecule has 0 unspecified atom stereocenters. The molecule has 1 aliphatic heterocycles. The number of ether oxygens (including phenoxy) is 3. The molecule has 1 fully saturated rings. The average molecular weight is 461 g/mol. The average Bonchev–Trinajstić information content (AvgIpc) is 2.89. The second kappa shape index (κ2) is 11.7. The Morgan fingerprint density at radius 1 is 0.912 bits per heavy atom. The van der Waals surface area contributed by atoms with Crippen LogP contribution in [0.25, 0.3) is 0 Å². The molecule has 1 aliphatic rings. The molecule has 6 heteroatoms. The third kappa shape index (κ3) is 6.37. The van der Waals surface area contributed by atoms with Gasteiger partial charge in [0.2, 0.25) is 0 Å². The number of hydrogen-bond donors (Lipinski definition) is 2. The van der Waals surface area contributed by atoms with E-state index in [1.165, 1.54) is 5.56 Å². The maximum absolute atomic E-state index is 12.7. The Morgan fingerprint density at radius 2 is 1.65 bits per heavy atom. The standard InChI is InChI=1S/C28H32N2O4/c1-32-26-12-10-22(11-13-26)19-34-20-23-6-5-9-25(18-23)30-27(31)29-21-28(14-16-33-17-15-28)24-7-3-2-4-8-24/h2-13,18H,14-17,19-21H2,1H3,(H2,29,30,31). The predicted molar refractivity (Wildman–Crippen MR) is 133 cm³/mol. The molecule has 0 bridgehead atoms. The van der Waals surface area contributed by atoms with Crippen LogP contribution in [0, 0.1) is 0 Å². The van der Waals surface area contributed by atoms with E-state index in [0.717, 1.165) is 35.4 Å². The van der Waals surface area contributed by atoms with E-state index >= 15 is 0 Å². The summed E-state index contributed by atoms with van der Waals surface area (Å²) >= 11 is 0. The number of carbonyl (C=O) groups is 1. The predicted octanol–water partition coefficient (Wildman–Crippen LogP) is 5.28. The molecule has 2 N–H and O–H groups in total. The summed E-state index contributed by atoms with van der Waals surface area (Å²) in [7, 11) is 1.65. The molecule has 2 amide bonds. The summed E-state index contributed by atoms with van der Waals surface area (Å²) in [6, 6.07) is 25.7. The SMILES string of the molecule is COc1ccc(COCc2cccc(NC(=O)NCC3(c4ccccc4)CCOCC3)c2)cc1. The van der Waals surface area contributed by atoms with Gasteiger partial charge in [-0.25, -0.2) is 4.79 Å². The number of nitrogens with one attached hydrogen (secondary N) is 2. The monoisotopic (exact) mass is 460 g/mol. The molecule has 0 aromatic heterocycles. The van der Waals surface area contributed by atoms with Gasteiger partial charge in [-0.15, -0.1) is 0 Å². The number of methoxy groups -OCH3 is 1. The number of hydrogen-bond acceptors (Lipinski definition) is 4. The fourth-order valence-electron chi connectivity index (χ4n) is 4.29. The van der Waals surface area contributed by atoms with Crippen molar-refractivity contribution >= 4 is 11.7 Å². The van der Waals surface area contributed by atoms with E-state index in [1.807, 2.05) is 54.6 Å². The number of benzene rings is 3. The Kier molecular flexibility index (Phi) is 8.17. The smallest absolute Gasteiger partial charge is 0.319 e. The Hall–Kier alpha value is -3.35. The molecule has 34 heavy (non-hydrogen) atoms. The van der Waals surface area contributed by atoms with E-state index in [4.69, 9.17) is 14.2 Å². The second-order valence-corrected chi connectivity index (χ2v) is 8.61. The quantitative estimate of drug-likeness (QED) is 0.456. The Morgan fingerprint density at radius 3 is 2.38 bits per heavy atom. The van der Waals surface area contributed by atoms with Gasteiger partial charge < -0.3 is 24.8 Å². The van der Waals surface area contributed by atoms with Crippen molar-refractivity contribution < 1.29 is 19.0 Å². The lowest BCUT2D eigenvalue weighted by Gasteiger charge is -2.38. The molecule has 4 rings (SSSR count). The maximum atomic E-state index is 12.7. The Labute approximate surface area is 201 Å². The van der Waals surface area contributed by atoms with Gasteiger partial charge in [0.15, 0.2) is 0 Å². The number of anilines is 1. The molecule has 0 aliphatic carbocycles. The van der Waals surface area contributed by atoms with E-state index in [1.54, 1.807) is 7.11 Å². The highest BCUT2D eigenvalue weighted by atomic mass is 16.5. The van der Waals surface area contributed by atoms with Gasteiger partial charge in [-0.05, 0) is 53.8 Å². The van der Waals surface area contributed by atoms with Crippen molar-refractivity contribution in [2.45, 2.75) is 31.5 Å². The van der Waals surface area contributed by atoms with Crippen LogP contribution in [-0.4, -0.2) is 32.9 Å². The zero-order valence-corrected chi connectivity index (χ0v) is 19.6. The normalized spacial score (nSPS) is 14.9. The first-order valence-corrected chi connectivity index (χ1v) is 11.6. The van der Waals surface area contributed by atoms with Crippen LogP contribution < -0.4 is 15.4 Å². The maximum Gasteiger partial charge on any atom is 0.319 e. The molecule has 0 saturated carbocycles. The van der Waals surface area contributed by atoms with Crippen LogP contribution in [0.1, 0.15) is 29.5 Å². The van der Waals surface area contributed by atoms with Gasteiger partial charge in [-0.1, -0.05) is 54.6 Å². The summed E-state index contributed by atoms with van der Waals surface area (Å²) < 4.78 is 16.6. The van der Waals surface area contributed by atoms with Crippen molar-refractivity contribution in [2.24, 2.45) is 0 Å². The molecular formula is C28H32N2O4. The molecule has 0 atom stereocenters. The second-order valence-electron chi connectivity index (χ2n) is 8.61. The molecule has 1 heterocycles. The summed E-state index contributed by atoms with van der Waals surface area (Å²) in [6.07, 6.45) is 1.77. The van der Waals surface area contributed by atoms with Gasteiger partial charge in [-0.3, -0.25) is 0 Å². The van der Waals surface area contributed by atoms with Gasteiger partial charge in [0.1, 0.15) is 5.75 Å². The van der Waals surface area contributed by atoms with Gasteiger partial charge in [0, 0.05) is 30.9 Å². The van der Waals surface area contributed by atoms with Gasteiger partial charge >= 0.3 is 6.03 Å². The summed E-state index contributed by atoms with van der Waals surface area (Å²) in [5.74, 6) is 0.826. The summed E-state index contributed by atoms with van der Waals surface area (Å²) in [5, 5.41) is 6.05. The van der Waals surface area contributed by atoms with Crippen LogP contribution in [0.4, 0.5) is 10.5 Å². The van der Waals surface area contributed by atoms with Crippen molar-refractivity contribution in [3.8, 4) is 5.75 Å². The van der Waals surface area contributed by atoms with E-state index < -0.39 is 0 Å². The Balaban J connectivity index is 1.29. The van der Waals surface area contributed by atoms with Gasteiger partial charge in [0.05, 0.1) is 20.3 Å². The summed E-state index contributed by atoms with van der Waals surface area (Å²) in [6.45, 7) is 2.94. The minimum atomic E-state index is -0.210. The van der Waals surface area contributed by atoms with Crippen LogP contribution in [-0.2, 0) is 28.1 Å². The minimum Gasteiger partial charge on any atom is -0.497 e. The van der Waals surface area contributed by atoms with E-state index in [-0.39, 0.29) is 11.4 Å². The fourth-order valence-corrected chi connectivity index (χ4v) is 4.29. The zero-order chi connectivity index (χ0) is 23.6. The molecule has 3 aromatic carbocycles. The van der Waals surface area contributed by atoms with Crippen LogP contribution >= 0.6 is 0 Å². The van der Waals surface area contributed by atoms with Gasteiger partial charge in [0.25, 0.3) is 0 Å². The number of amides is 2. The van der Waals surface area contributed by atoms with Crippen LogP contribution in [0.15, 0.2) is 78.9 Å². The first kappa shape index (κ1) is 23.8. The van der Waals surface area contributed by atoms with Crippen molar-refractivity contribution in [1.82, 2.24) is 5.32 Å². The lowest BCUT2D eigenvalue weighted by molar-refractivity contribution is 0.0508. The molecular weight excluding hydrogens is 428 g/mol. The molecule has 1 saturated heterocycles. The number of carbonyl (C=O) groups excluding carboxylic acids is 1. The van der Waals surface area contributed by atoms with Crippen molar-refractivity contribution in [1.29, 1.82) is 0 Å². The molecule has 0 radical (unpaired) electrons. The topological polar surface area (TPSA) is 68.8 Å². The largest absolute Gasteiger partial charge is 0.497 e. The van der Waals surface area contributed by atoms with E-state index in [2.05, 4.69) is 34.9 Å². The molecule has 0 spiro atoms. The molecule has 6 nitrogen and oxygen atoms in total. The summed E-state index contributed by atoms with van der Waals surface area (Å²) in [4.78, 5) is 12.7. The van der Waals surface area contributed by atoms with E-state index in [0.29, 0.717) is 33.0 Å². The molecule has 178 valence electrons. The highest BCUT2D eigenvalue weighted by molar-refractivity contribution is 5.89. The molecule has 3 aromatic rings. The van der Waals surface area contributed by atoms with Crippen LogP contribution in [0.5, 0.6) is 5.75 Å². The highest BCUT2D eigenvalue weighted by Gasteiger charge is 2.34. The fraction of sp³-hybridized carbons (Fsp3) is 0.321. The van der Waals surface area contributed by atoms with Crippen molar-refractivity contribution in [3.63, 3.8) is 0 Å². The summed E-state index contributed by atoms with van der Waals surface area (Å²) in [5.41, 5.74) is 3.96. The lowest BCUT2D eigenvalue weighted by Crippen LogP contribution is -2.45.